The van der Waals surface area contributed by atoms with Crippen LogP contribution in [0.25, 0.3) is 0 Å². The van der Waals surface area contributed by atoms with Crippen LogP contribution < -0.4 is 5.43 Å². The molecule has 2 rings (SSSR count). The van der Waals surface area contributed by atoms with Gasteiger partial charge < -0.3 is 0 Å². The van der Waals surface area contributed by atoms with Gasteiger partial charge in [0, 0.05) is 10.0 Å². The van der Waals surface area contributed by atoms with Crippen LogP contribution in [0.15, 0.2) is 64.2 Å². The van der Waals surface area contributed by atoms with Gasteiger partial charge in [0.25, 0.3) is 5.91 Å². The number of amides is 1. The Bertz CT molecular complexity index is 550. The maximum atomic E-state index is 11.7. The van der Waals surface area contributed by atoms with Crippen molar-refractivity contribution in [1.82, 2.24) is 5.43 Å². The van der Waals surface area contributed by atoms with Crippen LogP contribution in [0.5, 0.6) is 0 Å². The Morgan fingerprint density at radius 1 is 1.06 bits per heavy atom. The quantitative estimate of drug-likeness (QED) is 0.686. The fraction of sp³-hybridized carbons (Fsp3) is 0. The molecule has 0 aromatic heterocycles. The van der Waals surface area contributed by atoms with Crippen molar-refractivity contribution < 1.29 is 4.79 Å². The monoisotopic (exact) mass is 302 g/mol. The number of halogens is 1. The molecule has 0 aliphatic rings. The van der Waals surface area contributed by atoms with Crippen LogP contribution >= 0.6 is 15.9 Å². The number of rotatable bonds is 3. The van der Waals surface area contributed by atoms with Gasteiger partial charge in [-0.2, -0.15) is 5.10 Å². The average molecular weight is 303 g/mol. The molecule has 2 aromatic carbocycles. The summed E-state index contributed by atoms with van der Waals surface area (Å²) >= 11 is 3.32. The second kappa shape index (κ2) is 6.12. The molecular formula is C14H11BrN2O. The van der Waals surface area contributed by atoms with Crippen molar-refractivity contribution in [1.29, 1.82) is 0 Å². The lowest BCUT2D eigenvalue weighted by atomic mass is 10.2. The lowest BCUT2D eigenvalue weighted by molar-refractivity contribution is 0.0955. The van der Waals surface area contributed by atoms with Crippen molar-refractivity contribution in [3.63, 3.8) is 0 Å². The molecule has 0 bridgehead atoms. The Morgan fingerprint density at radius 3 is 2.39 bits per heavy atom. The normalized spacial score (nSPS) is 10.5. The summed E-state index contributed by atoms with van der Waals surface area (Å²) < 4.78 is 0.937. The number of nitrogens with zero attached hydrogens (tertiary/aromatic N) is 1. The minimum atomic E-state index is -0.227. The highest BCUT2D eigenvalue weighted by molar-refractivity contribution is 9.10. The number of carbonyl (C=O) groups is 1. The highest BCUT2D eigenvalue weighted by Gasteiger charge is 2.02. The van der Waals surface area contributed by atoms with Crippen LogP contribution in [0.4, 0.5) is 0 Å². The third-order valence-corrected chi connectivity index (χ3v) is 2.81. The van der Waals surface area contributed by atoms with Gasteiger partial charge >= 0.3 is 0 Å². The highest BCUT2D eigenvalue weighted by atomic mass is 79.9. The van der Waals surface area contributed by atoms with Crippen molar-refractivity contribution in [2.45, 2.75) is 0 Å². The largest absolute Gasteiger partial charge is 0.271 e. The number of hydrazone groups is 1. The first-order chi connectivity index (χ1) is 8.75. The summed E-state index contributed by atoms with van der Waals surface area (Å²) in [6.45, 7) is 0. The molecule has 18 heavy (non-hydrogen) atoms. The number of hydrogen-bond acceptors (Lipinski definition) is 2. The second-order valence-electron chi connectivity index (χ2n) is 3.62. The third-order valence-electron chi connectivity index (χ3n) is 2.29. The maximum Gasteiger partial charge on any atom is 0.271 e. The molecule has 0 heterocycles. The van der Waals surface area contributed by atoms with Crippen LogP contribution in [-0.2, 0) is 0 Å². The summed E-state index contributed by atoms with van der Waals surface area (Å²) in [6.07, 6.45) is 1.61. The van der Waals surface area contributed by atoms with Crippen LogP contribution in [-0.4, -0.2) is 12.1 Å². The SMILES string of the molecule is O=C(NN=Cc1ccccc1)c1ccc(Br)cc1. The van der Waals surface area contributed by atoms with Crippen LogP contribution in [0.1, 0.15) is 15.9 Å². The first kappa shape index (κ1) is 12.5. The molecule has 0 radical (unpaired) electrons. The molecule has 0 unspecified atom stereocenters. The maximum absolute atomic E-state index is 11.7. The topological polar surface area (TPSA) is 41.5 Å². The smallest absolute Gasteiger partial charge is 0.267 e. The molecule has 4 heteroatoms. The molecular weight excluding hydrogens is 292 g/mol. The van der Waals surface area contributed by atoms with Gasteiger partial charge in [0.15, 0.2) is 0 Å². The van der Waals surface area contributed by atoms with E-state index in [9.17, 15) is 4.79 Å². The van der Waals surface area contributed by atoms with E-state index >= 15 is 0 Å². The van der Waals surface area contributed by atoms with Crippen LogP contribution in [0.2, 0.25) is 0 Å². The summed E-state index contributed by atoms with van der Waals surface area (Å²) in [7, 11) is 0. The fourth-order valence-corrected chi connectivity index (χ4v) is 1.63. The molecule has 0 fully saturated rings. The zero-order chi connectivity index (χ0) is 12.8. The summed E-state index contributed by atoms with van der Waals surface area (Å²) in [5.74, 6) is -0.227. The zero-order valence-electron chi connectivity index (χ0n) is 9.51. The Hall–Kier alpha value is -1.94. The van der Waals surface area contributed by atoms with Gasteiger partial charge in [-0.05, 0) is 29.8 Å². The molecule has 0 aliphatic carbocycles. The number of hydrogen-bond donors (Lipinski definition) is 1. The van der Waals surface area contributed by atoms with Gasteiger partial charge in [0.1, 0.15) is 0 Å². The third kappa shape index (κ3) is 3.53. The van der Waals surface area contributed by atoms with E-state index in [1.807, 2.05) is 42.5 Å². The molecule has 0 atom stereocenters. The van der Waals surface area contributed by atoms with Gasteiger partial charge in [0.05, 0.1) is 6.21 Å². The van der Waals surface area contributed by atoms with Gasteiger partial charge in [0.2, 0.25) is 0 Å². The first-order valence-electron chi connectivity index (χ1n) is 5.40. The van der Waals surface area contributed by atoms with Crippen molar-refractivity contribution in [3.8, 4) is 0 Å². The predicted octanol–water partition coefficient (Wildman–Crippen LogP) is 3.21. The highest BCUT2D eigenvalue weighted by Crippen LogP contribution is 2.10. The summed E-state index contributed by atoms with van der Waals surface area (Å²) in [4.78, 5) is 11.7. The van der Waals surface area contributed by atoms with E-state index in [0.29, 0.717) is 5.56 Å². The number of nitrogens with one attached hydrogen (secondary N) is 1. The summed E-state index contributed by atoms with van der Waals surface area (Å²) in [6, 6.07) is 16.7. The Balaban J connectivity index is 1.96. The summed E-state index contributed by atoms with van der Waals surface area (Å²) in [5, 5.41) is 3.90. The molecule has 0 aliphatic heterocycles. The molecule has 0 saturated carbocycles. The Kier molecular flexibility index (Phi) is 4.25. The van der Waals surface area contributed by atoms with E-state index in [1.165, 1.54) is 0 Å². The van der Waals surface area contributed by atoms with E-state index in [-0.39, 0.29) is 5.91 Å². The Labute approximate surface area is 114 Å². The van der Waals surface area contributed by atoms with Crippen LogP contribution in [0, 0.1) is 0 Å². The lowest BCUT2D eigenvalue weighted by Gasteiger charge is -1.99. The van der Waals surface area contributed by atoms with E-state index in [0.717, 1.165) is 10.0 Å². The van der Waals surface area contributed by atoms with Crippen molar-refractivity contribution in [2.24, 2.45) is 5.10 Å². The minimum Gasteiger partial charge on any atom is -0.267 e. The van der Waals surface area contributed by atoms with Crippen LogP contribution in [0.3, 0.4) is 0 Å². The first-order valence-corrected chi connectivity index (χ1v) is 6.19. The molecule has 3 nitrogen and oxygen atoms in total. The predicted molar refractivity (Wildman–Crippen MR) is 75.6 cm³/mol. The Morgan fingerprint density at radius 2 is 1.72 bits per heavy atom. The zero-order valence-corrected chi connectivity index (χ0v) is 11.1. The van der Waals surface area contributed by atoms with Crippen molar-refractivity contribution >= 4 is 28.1 Å². The van der Waals surface area contributed by atoms with Gasteiger partial charge in [-0.3, -0.25) is 4.79 Å². The van der Waals surface area contributed by atoms with E-state index < -0.39 is 0 Å². The van der Waals surface area contributed by atoms with Crippen molar-refractivity contribution in [3.05, 3.63) is 70.2 Å². The standard InChI is InChI=1S/C14H11BrN2O/c15-13-8-6-12(7-9-13)14(18)17-16-10-11-4-2-1-3-5-11/h1-10H,(H,17,18). The number of carbonyl (C=O) groups excluding carboxylic acids is 1. The summed E-state index contributed by atoms with van der Waals surface area (Å²) in [5.41, 5.74) is 3.99. The van der Waals surface area contributed by atoms with Gasteiger partial charge in [-0.15, -0.1) is 0 Å². The van der Waals surface area contributed by atoms with Crippen molar-refractivity contribution in [2.75, 3.05) is 0 Å². The van der Waals surface area contributed by atoms with E-state index in [4.69, 9.17) is 0 Å². The molecule has 0 spiro atoms. The molecule has 2 aromatic rings. The average Bonchev–Trinajstić information content (AvgIpc) is 2.40. The van der Waals surface area contributed by atoms with E-state index in [2.05, 4.69) is 26.5 Å². The molecule has 1 amide bonds. The molecule has 90 valence electrons. The fourth-order valence-electron chi connectivity index (χ4n) is 1.37. The second-order valence-corrected chi connectivity index (χ2v) is 4.53. The van der Waals surface area contributed by atoms with Gasteiger partial charge in [-0.25, -0.2) is 5.43 Å². The van der Waals surface area contributed by atoms with E-state index in [1.54, 1.807) is 18.3 Å². The lowest BCUT2D eigenvalue weighted by Crippen LogP contribution is -2.17. The van der Waals surface area contributed by atoms with Gasteiger partial charge in [-0.1, -0.05) is 46.3 Å². The minimum absolute atomic E-state index is 0.227. The molecule has 0 saturated heterocycles. The number of benzene rings is 2. The molecule has 1 N–H and O–H groups in total.